The van der Waals surface area contributed by atoms with E-state index in [4.69, 9.17) is 14.5 Å². The third-order valence-electron chi connectivity index (χ3n) is 7.03. The molecule has 2 aliphatic rings. The number of fused-ring (bicyclic) bond motifs is 3. The Hall–Kier alpha value is -2.87. The molecule has 4 heterocycles. The molecule has 8 nitrogen and oxygen atoms in total. The lowest BCUT2D eigenvalue weighted by molar-refractivity contribution is 0.135. The molecule has 0 aliphatic carbocycles. The van der Waals surface area contributed by atoms with Crippen LogP contribution < -0.4 is 9.47 Å². The molecule has 182 valence electrons. The van der Waals surface area contributed by atoms with Crippen LogP contribution in [0.3, 0.4) is 0 Å². The molecule has 1 saturated heterocycles. The minimum Gasteiger partial charge on any atom is -0.493 e. The fourth-order valence-corrected chi connectivity index (χ4v) is 4.97. The third kappa shape index (κ3) is 4.69. The first kappa shape index (κ1) is 22.9. The van der Waals surface area contributed by atoms with Crippen molar-refractivity contribution in [2.75, 3.05) is 26.3 Å². The van der Waals surface area contributed by atoms with Crippen LogP contribution in [0.15, 0.2) is 30.7 Å². The molecule has 8 heteroatoms. The zero-order chi connectivity index (χ0) is 23.7. The molecule has 0 saturated carbocycles. The van der Waals surface area contributed by atoms with Crippen LogP contribution in [-0.2, 0) is 6.54 Å². The highest BCUT2D eigenvalue weighted by Crippen LogP contribution is 2.36. The molecular formula is C26H36N6O2. The standard InChI is InChI=1S/C26H36N6O2/c1-18(2)30-10-7-20(8-11-30)9-13-33-21-5-6-22-24(15-21)34-14-12-31-16-23(29-25(22)31)26-27-17-28-32(26)19(3)4/h5-6,15-20H,7-14H2,1-4H3. The van der Waals surface area contributed by atoms with Gasteiger partial charge in [0.25, 0.3) is 0 Å². The van der Waals surface area contributed by atoms with Gasteiger partial charge in [-0.15, -0.1) is 0 Å². The fourth-order valence-electron chi connectivity index (χ4n) is 4.97. The van der Waals surface area contributed by atoms with Crippen molar-refractivity contribution in [3.63, 3.8) is 0 Å². The van der Waals surface area contributed by atoms with Gasteiger partial charge in [-0.25, -0.2) is 14.6 Å². The predicted molar refractivity (Wildman–Crippen MR) is 132 cm³/mol. The molecule has 34 heavy (non-hydrogen) atoms. The van der Waals surface area contributed by atoms with Gasteiger partial charge in [0.15, 0.2) is 5.82 Å². The molecular weight excluding hydrogens is 428 g/mol. The number of piperidine rings is 1. The lowest BCUT2D eigenvalue weighted by atomic mass is 9.93. The number of ether oxygens (including phenoxy) is 2. The molecule has 1 fully saturated rings. The van der Waals surface area contributed by atoms with Gasteiger partial charge >= 0.3 is 0 Å². The summed E-state index contributed by atoms with van der Waals surface area (Å²) in [5.74, 6) is 4.12. The predicted octanol–water partition coefficient (Wildman–Crippen LogP) is 4.67. The Labute approximate surface area is 201 Å². The summed E-state index contributed by atoms with van der Waals surface area (Å²) in [5.41, 5.74) is 1.81. The Morgan fingerprint density at radius 1 is 1.06 bits per heavy atom. The van der Waals surface area contributed by atoms with Gasteiger partial charge in [0.1, 0.15) is 36.0 Å². The fraction of sp³-hybridized carbons (Fsp3) is 0.577. The van der Waals surface area contributed by atoms with E-state index in [1.165, 1.54) is 25.9 Å². The second-order valence-electron chi connectivity index (χ2n) is 9.98. The highest BCUT2D eigenvalue weighted by Gasteiger charge is 2.23. The minimum atomic E-state index is 0.220. The molecule has 0 atom stereocenters. The second-order valence-corrected chi connectivity index (χ2v) is 9.98. The molecule has 0 unspecified atom stereocenters. The van der Waals surface area contributed by atoms with E-state index in [9.17, 15) is 0 Å². The van der Waals surface area contributed by atoms with Gasteiger partial charge in [-0.3, -0.25) is 0 Å². The summed E-state index contributed by atoms with van der Waals surface area (Å²) in [7, 11) is 0. The van der Waals surface area contributed by atoms with Crippen LogP contribution in [0.5, 0.6) is 11.5 Å². The van der Waals surface area contributed by atoms with Crippen LogP contribution in [0, 0.1) is 5.92 Å². The molecule has 2 aromatic heterocycles. The maximum absolute atomic E-state index is 6.14. The molecule has 0 amide bonds. The first-order valence-electron chi connectivity index (χ1n) is 12.6. The Kier molecular flexibility index (Phi) is 6.59. The van der Waals surface area contributed by atoms with Gasteiger partial charge in [-0.1, -0.05) is 0 Å². The van der Waals surface area contributed by atoms with Crippen LogP contribution in [0.2, 0.25) is 0 Å². The van der Waals surface area contributed by atoms with Crippen molar-refractivity contribution in [1.82, 2.24) is 29.2 Å². The summed E-state index contributed by atoms with van der Waals surface area (Å²) in [5, 5.41) is 4.36. The third-order valence-corrected chi connectivity index (χ3v) is 7.03. The summed E-state index contributed by atoms with van der Waals surface area (Å²) in [6, 6.07) is 6.98. The average Bonchev–Trinajstić information content (AvgIpc) is 3.44. The zero-order valence-electron chi connectivity index (χ0n) is 20.8. The van der Waals surface area contributed by atoms with Crippen LogP contribution in [0.4, 0.5) is 0 Å². The normalized spacial score (nSPS) is 16.9. The van der Waals surface area contributed by atoms with E-state index in [2.05, 4.69) is 53.3 Å². The van der Waals surface area contributed by atoms with Gasteiger partial charge in [0, 0.05) is 24.3 Å². The van der Waals surface area contributed by atoms with Gasteiger partial charge in [0.05, 0.1) is 18.7 Å². The van der Waals surface area contributed by atoms with E-state index in [0.29, 0.717) is 12.6 Å². The van der Waals surface area contributed by atoms with Crippen molar-refractivity contribution in [3.05, 3.63) is 30.7 Å². The minimum absolute atomic E-state index is 0.220. The SMILES string of the molecule is CC(C)N1CCC(CCOc2ccc3c(c2)OCCn2cc(-c4ncnn4C(C)C)nc2-3)CC1. The highest BCUT2D eigenvalue weighted by atomic mass is 16.5. The maximum atomic E-state index is 6.14. The van der Waals surface area contributed by atoms with Gasteiger partial charge in [-0.05, 0) is 78.1 Å². The second kappa shape index (κ2) is 9.78. The van der Waals surface area contributed by atoms with E-state index in [1.54, 1.807) is 6.33 Å². The van der Waals surface area contributed by atoms with Gasteiger partial charge in [-0.2, -0.15) is 5.10 Å². The molecule has 5 rings (SSSR count). The van der Waals surface area contributed by atoms with Crippen LogP contribution in [0.1, 0.15) is 53.0 Å². The van der Waals surface area contributed by atoms with E-state index in [1.807, 2.05) is 23.0 Å². The summed E-state index contributed by atoms with van der Waals surface area (Å²) in [6.07, 6.45) is 7.28. The summed E-state index contributed by atoms with van der Waals surface area (Å²) < 4.78 is 16.3. The number of benzene rings is 1. The van der Waals surface area contributed by atoms with Crippen molar-refractivity contribution in [2.45, 2.75) is 65.6 Å². The van der Waals surface area contributed by atoms with E-state index < -0.39 is 0 Å². The van der Waals surface area contributed by atoms with E-state index >= 15 is 0 Å². The first-order chi connectivity index (χ1) is 16.5. The van der Waals surface area contributed by atoms with Crippen molar-refractivity contribution in [1.29, 1.82) is 0 Å². The topological polar surface area (TPSA) is 70.2 Å². The number of imidazole rings is 1. The largest absolute Gasteiger partial charge is 0.493 e. The maximum Gasteiger partial charge on any atom is 0.178 e. The Balaban J connectivity index is 1.27. The lowest BCUT2D eigenvalue weighted by Gasteiger charge is -2.34. The Morgan fingerprint density at radius 3 is 2.65 bits per heavy atom. The molecule has 2 aliphatic heterocycles. The molecule has 0 bridgehead atoms. The number of hydrogen-bond donors (Lipinski definition) is 0. The van der Waals surface area contributed by atoms with Crippen molar-refractivity contribution in [2.24, 2.45) is 5.92 Å². The van der Waals surface area contributed by atoms with Crippen molar-refractivity contribution < 1.29 is 9.47 Å². The van der Waals surface area contributed by atoms with Crippen molar-refractivity contribution in [3.8, 4) is 34.4 Å². The number of likely N-dealkylation sites (tertiary alicyclic amines) is 1. The van der Waals surface area contributed by atoms with Gasteiger partial charge < -0.3 is 18.9 Å². The number of rotatable bonds is 7. The number of nitrogens with zero attached hydrogens (tertiary/aromatic N) is 6. The first-order valence-corrected chi connectivity index (χ1v) is 12.6. The molecule has 0 spiro atoms. The Morgan fingerprint density at radius 2 is 1.88 bits per heavy atom. The number of hydrogen-bond acceptors (Lipinski definition) is 6. The van der Waals surface area contributed by atoms with E-state index in [0.717, 1.165) is 59.9 Å². The molecule has 1 aromatic carbocycles. The molecule has 0 radical (unpaired) electrons. The molecule has 3 aromatic rings. The quantitative estimate of drug-likeness (QED) is 0.506. The van der Waals surface area contributed by atoms with Crippen LogP contribution >= 0.6 is 0 Å². The van der Waals surface area contributed by atoms with E-state index in [-0.39, 0.29) is 6.04 Å². The number of aromatic nitrogens is 5. The summed E-state index contributed by atoms with van der Waals surface area (Å²) in [4.78, 5) is 11.9. The smallest absolute Gasteiger partial charge is 0.178 e. The van der Waals surface area contributed by atoms with Crippen LogP contribution in [0.25, 0.3) is 22.9 Å². The highest BCUT2D eigenvalue weighted by molar-refractivity contribution is 5.69. The zero-order valence-corrected chi connectivity index (χ0v) is 20.8. The Bertz CT molecular complexity index is 1110. The molecule has 0 N–H and O–H groups in total. The summed E-state index contributed by atoms with van der Waals surface area (Å²) in [6.45, 7) is 13.2. The average molecular weight is 465 g/mol. The van der Waals surface area contributed by atoms with Crippen LogP contribution in [-0.4, -0.2) is 61.6 Å². The van der Waals surface area contributed by atoms with Gasteiger partial charge in [0.2, 0.25) is 0 Å². The summed E-state index contributed by atoms with van der Waals surface area (Å²) >= 11 is 0. The monoisotopic (exact) mass is 464 g/mol. The van der Waals surface area contributed by atoms with Crippen molar-refractivity contribution >= 4 is 0 Å². The lowest BCUT2D eigenvalue weighted by Crippen LogP contribution is -2.38.